The molecule has 3 aromatic carbocycles. The lowest BCUT2D eigenvalue weighted by Crippen LogP contribution is -2.53. The van der Waals surface area contributed by atoms with Gasteiger partial charge in [0, 0.05) is 25.0 Å². The molecular weight excluding hydrogens is 606 g/mol. The van der Waals surface area contributed by atoms with Crippen LogP contribution in [0.5, 0.6) is 0 Å². The fourth-order valence-electron chi connectivity index (χ4n) is 6.32. The highest BCUT2D eigenvalue weighted by atomic mass is 35.5. The Morgan fingerprint density at radius 2 is 1.59 bits per heavy atom. The number of nitrogens with one attached hydrogen (secondary N) is 2. The molecule has 2 amide bonds. The van der Waals surface area contributed by atoms with E-state index in [0.717, 1.165) is 22.3 Å². The van der Waals surface area contributed by atoms with Gasteiger partial charge in [-0.15, -0.1) is 0 Å². The number of amides is 2. The molecule has 1 atom stereocenters. The van der Waals surface area contributed by atoms with Gasteiger partial charge < -0.3 is 25.1 Å². The van der Waals surface area contributed by atoms with Crippen LogP contribution >= 0.6 is 11.6 Å². The average Bonchev–Trinajstić information content (AvgIpc) is 3.33. The van der Waals surface area contributed by atoms with Gasteiger partial charge in [-0.25, -0.2) is 19.2 Å². The standard InChI is InChI=1S/C35H38ClN5O5/c1-21(37-33(43)45-20-27-25-12-7-5-10-23(25)24-11-6-8-13-26(24)27)31-39-29-15-9-14-28(36)30(29)32(42)41(31)40-18-16-22(17-19-40)38-34(44)46-35(2,3)4/h5-15,21-22,27H,16-20H2,1-4H3,(H,37,43)(H,38,44)/t21-/m0/s1. The second-order valence-corrected chi connectivity index (χ2v) is 13.2. The van der Waals surface area contributed by atoms with Gasteiger partial charge in [0.25, 0.3) is 5.56 Å². The van der Waals surface area contributed by atoms with Gasteiger partial charge in [0.05, 0.1) is 22.0 Å². The quantitative estimate of drug-likeness (QED) is 0.254. The maximum absolute atomic E-state index is 14.0. The van der Waals surface area contributed by atoms with Crippen molar-refractivity contribution >= 4 is 34.7 Å². The van der Waals surface area contributed by atoms with Gasteiger partial charge in [-0.1, -0.05) is 66.2 Å². The van der Waals surface area contributed by atoms with Gasteiger partial charge in [-0.2, -0.15) is 0 Å². The zero-order chi connectivity index (χ0) is 32.6. The summed E-state index contributed by atoms with van der Waals surface area (Å²) in [6.45, 7) is 8.31. The molecule has 2 N–H and O–H groups in total. The largest absolute Gasteiger partial charge is 0.449 e. The maximum Gasteiger partial charge on any atom is 0.407 e. The van der Waals surface area contributed by atoms with E-state index in [1.807, 2.05) is 50.0 Å². The molecule has 46 heavy (non-hydrogen) atoms. The van der Waals surface area contributed by atoms with Crippen molar-refractivity contribution in [3.63, 3.8) is 0 Å². The highest BCUT2D eigenvalue weighted by Crippen LogP contribution is 2.44. The number of piperidine rings is 1. The molecule has 2 aliphatic rings. The molecule has 0 unspecified atom stereocenters. The third-order valence-electron chi connectivity index (χ3n) is 8.39. The summed E-state index contributed by atoms with van der Waals surface area (Å²) in [6, 6.07) is 20.7. The topological polar surface area (TPSA) is 115 Å². The van der Waals surface area contributed by atoms with Crippen LogP contribution in [-0.4, -0.2) is 53.2 Å². The third kappa shape index (κ3) is 6.39. The Labute approximate surface area is 272 Å². The summed E-state index contributed by atoms with van der Waals surface area (Å²) in [5.74, 6) is 0.273. The number of rotatable bonds is 6. The van der Waals surface area contributed by atoms with Crippen molar-refractivity contribution in [2.75, 3.05) is 24.7 Å². The van der Waals surface area contributed by atoms with E-state index in [1.165, 1.54) is 4.68 Å². The Bertz CT molecular complexity index is 1800. The molecule has 0 saturated carbocycles. The number of fused-ring (bicyclic) bond motifs is 4. The van der Waals surface area contributed by atoms with Crippen LogP contribution in [0.25, 0.3) is 22.0 Å². The van der Waals surface area contributed by atoms with Crippen molar-refractivity contribution in [2.45, 2.75) is 64.1 Å². The summed E-state index contributed by atoms with van der Waals surface area (Å²) in [5, 5.41) is 8.31. The minimum Gasteiger partial charge on any atom is -0.449 e. The molecule has 10 nitrogen and oxygen atoms in total. The van der Waals surface area contributed by atoms with Crippen molar-refractivity contribution < 1.29 is 19.1 Å². The first-order chi connectivity index (χ1) is 22.0. The van der Waals surface area contributed by atoms with Crippen LogP contribution in [0.4, 0.5) is 9.59 Å². The van der Waals surface area contributed by atoms with Gasteiger partial charge in [0.1, 0.15) is 12.2 Å². The van der Waals surface area contributed by atoms with Crippen LogP contribution in [0.3, 0.4) is 0 Å². The molecule has 0 spiro atoms. The van der Waals surface area contributed by atoms with Gasteiger partial charge >= 0.3 is 12.2 Å². The van der Waals surface area contributed by atoms with Crippen molar-refractivity contribution in [3.05, 3.63) is 99.1 Å². The summed E-state index contributed by atoms with van der Waals surface area (Å²) >= 11 is 6.47. The Hall–Kier alpha value is -4.57. The van der Waals surface area contributed by atoms with E-state index in [1.54, 1.807) is 25.1 Å². The number of alkyl carbamates (subject to hydrolysis) is 2. The van der Waals surface area contributed by atoms with E-state index in [0.29, 0.717) is 47.7 Å². The summed E-state index contributed by atoms with van der Waals surface area (Å²) in [5.41, 5.74) is 4.05. The maximum atomic E-state index is 14.0. The average molecular weight is 644 g/mol. The van der Waals surface area contributed by atoms with E-state index >= 15 is 0 Å². The number of halogens is 1. The van der Waals surface area contributed by atoms with Crippen LogP contribution in [-0.2, 0) is 9.47 Å². The van der Waals surface area contributed by atoms with Gasteiger partial charge in [-0.05, 0) is 74.9 Å². The van der Waals surface area contributed by atoms with E-state index in [9.17, 15) is 14.4 Å². The summed E-state index contributed by atoms with van der Waals surface area (Å²) in [7, 11) is 0. The van der Waals surface area contributed by atoms with E-state index in [-0.39, 0.29) is 24.1 Å². The summed E-state index contributed by atoms with van der Waals surface area (Å²) in [6.07, 6.45) is 0.0882. The molecule has 11 heteroatoms. The molecule has 1 aliphatic carbocycles. The van der Waals surface area contributed by atoms with Gasteiger partial charge in [0.15, 0.2) is 5.82 Å². The fraction of sp³-hybridized carbons (Fsp3) is 0.371. The lowest BCUT2D eigenvalue weighted by Gasteiger charge is -2.36. The Morgan fingerprint density at radius 1 is 0.957 bits per heavy atom. The molecule has 1 aliphatic heterocycles. The third-order valence-corrected chi connectivity index (χ3v) is 8.71. The van der Waals surface area contributed by atoms with Gasteiger partial charge in [0.2, 0.25) is 0 Å². The predicted octanol–water partition coefficient (Wildman–Crippen LogP) is 6.27. The van der Waals surface area contributed by atoms with Crippen LogP contribution in [0.2, 0.25) is 5.02 Å². The smallest absolute Gasteiger partial charge is 0.407 e. The Kier molecular flexibility index (Phi) is 8.65. The van der Waals surface area contributed by atoms with Crippen LogP contribution < -0.4 is 21.2 Å². The Balaban J connectivity index is 1.20. The monoisotopic (exact) mass is 643 g/mol. The van der Waals surface area contributed by atoms with Crippen molar-refractivity contribution in [1.29, 1.82) is 0 Å². The second-order valence-electron chi connectivity index (χ2n) is 12.8. The van der Waals surface area contributed by atoms with Crippen molar-refractivity contribution in [1.82, 2.24) is 20.3 Å². The minimum atomic E-state index is -0.677. The molecule has 1 fully saturated rings. The first-order valence-corrected chi connectivity index (χ1v) is 16.0. The molecule has 0 radical (unpaired) electrons. The first-order valence-electron chi connectivity index (χ1n) is 15.6. The molecule has 240 valence electrons. The number of ether oxygens (including phenoxy) is 2. The van der Waals surface area contributed by atoms with Crippen LogP contribution in [0.1, 0.15) is 69.4 Å². The lowest BCUT2D eigenvalue weighted by molar-refractivity contribution is 0.0495. The number of carbonyl (C=O) groups excluding carboxylic acids is 2. The summed E-state index contributed by atoms with van der Waals surface area (Å²) < 4.78 is 12.7. The number of hydrogen-bond donors (Lipinski definition) is 2. The van der Waals surface area contributed by atoms with Crippen molar-refractivity contribution in [3.8, 4) is 11.1 Å². The molecular formula is C35H38ClN5O5. The predicted molar refractivity (Wildman–Crippen MR) is 178 cm³/mol. The first kappa shape index (κ1) is 31.4. The van der Waals surface area contributed by atoms with Crippen molar-refractivity contribution in [2.24, 2.45) is 0 Å². The van der Waals surface area contributed by atoms with E-state index < -0.39 is 23.8 Å². The highest BCUT2D eigenvalue weighted by Gasteiger charge is 2.31. The fourth-order valence-corrected chi connectivity index (χ4v) is 6.57. The number of carbonyl (C=O) groups is 2. The molecule has 1 saturated heterocycles. The SMILES string of the molecule is C[C@H](NC(=O)OCC1c2ccccc2-c2ccccc21)c1nc2cccc(Cl)c2c(=O)n1N1CCC(NC(=O)OC(C)(C)C)CC1. The normalized spacial score (nSPS) is 15.6. The molecule has 1 aromatic heterocycles. The summed E-state index contributed by atoms with van der Waals surface area (Å²) in [4.78, 5) is 44.3. The Morgan fingerprint density at radius 3 is 2.22 bits per heavy atom. The van der Waals surface area contributed by atoms with E-state index in [4.69, 9.17) is 26.1 Å². The number of nitrogens with zero attached hydrogens (tertiary/aromatic N) is 3. The zero-order valence-electron chi connectivity index (χ0n) is 26.4. The second kappa shape index (κ2) is 12.7. The molecule has 4 aromatic rings. The zero-order valence-corrected chi connectivity index (χ0v) is 27.1. The van der Waals surface area contributed by atoms with Gasteiger partial charge in [-0.3, -0.25) is 4.79 Å². The lowest BCUT2D eigenvalue weighted by atomic mass is 9.98. The molecule has 2 heterocycles. The van der Waals surface area contributed by atoms with Crippen LogP contribution in [0.15, 0.2) is 71.5 Å². The number of aromatic nitrogens is 2. The minimum absolute atomic E-state index is 0.0804. The van der Waals surface area contributed by atoms with Crippen LogP contribution in [0, 0.1) is 0 Å². The highest BCUT2D eigenvalue weighted by molar-refractivity contribution is 6.35. The molecule has 0 bridgehead atoms. The van der Waals surface area contributed by atoms with E-state index in [2.05, 4.69) is 34.9 Å². The molecule has 6 rings (SSSR count). The number of hydrogen-bond acceptors (Lipinski definition) is 7. The number of benzene rings is 3.